The molecule has 0 atom stereocenters. The number of benzene rings is 2. The number of ether oxygens (including phenoxy) is 2. The third-order valence-corrected chi connectivity index (χ3v) is 5.99. The normalized spacial score (nSPS) is 13.9. The minimum absolute atomic E-state index is 0.111. The predicted molar refractivity (Wildman–Crippen MR) is 135 cm³/mol. The van der Waals surface area contributed by atoms with Gasteiger partial charge in [-0.3, -0.25) is 4.90 Å². The Kier molecular flexibility index (Phi) is 8.78. The first-order valence-corrected chi connectivity index (χ1v) is 11.8. The van der Waals surface area contributed by atoms with Gasteiger partial charge < -0.3 is 19.7 Å². The minimum Gasteiger partial charge on any atom is -0.493 e. The highest BCUT2D eigenvalue weighted by molar-refractivity contribution is 5.90. The van der Waals surface area contributed by atoms with Crippen LogP contribution in [0.4, 0.5) is 10.5 Å². The van der Waals surface area contributed by atoms with Crippen molar-refractivity contribution in [3.05, 3.63) is 60.2 Å². The smallest absolute Gasteiger partial charge is 0.322 e. The van der Waals surface area contributed by atoms with Crippen LogP contribution >= 0.6 is 0 Å². The topological polar surface area (TPSA) is 54.0 Å². The Morgan fingerprint density at radius 2 is 1.79 bits per heavy atom. The number of methoxy groups -OCH3 is 1. The Morgan fingerprint density at radius 3 is 2.39 bits per heavy atom. The fraction of sp³-hybridized carbons (Fsp3) is 0.444. The van der Waals surface area contributed by atoms with Crippen LogP contribution in [0.2, 0.25) is 0 Å². The van der Waals surface area contributed by atoms with Crippen molar-refractivity contribution in [2.75, 3.05) is 38.7 Å². The summed E-state index contributed by atoms with van der Waals surface area (Å²) in [5.41, 5.74) is 3.21. The van der Waals surface area contributed by atoms with Gasteiger partial charge in [0.2, 0.25) is 0 Å². The second kappa shape index (κ2) is 11.8. The van der Waals surface area contributed by atoms with E-state index in [-0.39, 0.29) is 6.03 Å². The van der Waals surface area contributed by atoms with E-state index >= 15 is 0 Å². The van der Waals surface area contributed by atoms with Crippen LogP contribution < -0.4 is 14.8 Å². The highest BCUT2D eigenvalue weighted by atomic mass is 16.5. The van der Waals surface area contributed by atoms with Gasteiger partial charge in [0.25, 0.3) is 0 Å². The van der Waals surface area contributed by atoms with Gasteiger partial charge in [-0.25, -0.2) is 4.79 Å². The lowest BCUT2D eigenvalue weighted by Crippen LogP contribution is -2.39. The molecule has 6 heteroatoms. The van der Waals surface area contributed by atoms with Gasteiger partial charge in [-0.15, -0.1) is 0 Å². The number of hydrogen-bond acceptors (Lipinski definition) is 4. The molecule has 2 amide bonds. The molecule has 1 aliphatic rings. The second-order valence-corrected chi connectivity index (χ2v) is 8.86. The van der Waals surface area contributed by atoms with E-state index in [0.717, 1.165) is 13.0 Å². The van der Waals surface area contributed by atoms with E-state index in [0.29, 0.717) is 49.0 Å². The summed E-state index contributed by atoms with van der Waals surface area (Å²) in [6, 6.07) is 16.6. The van der Waals surface area contributed by atoms with Crippen LogP contribution in [0.5, 0.6) is 11.5 Å². The first kappa shape index (κ1) is 24.6. The van der Waals surface area contributed by atoms with Gasteiger partial charge in [0.15, 0.2) is 11.5 Å². The van der Waals surface area contributed by atoms with E-state index < -0.39 is 0 Å². The fourth-order valence-corrected chi connectivity index (χ4v) is 4.21. The second-order valence-electron chi connectivity index (χ2n) is 8.86. The maximum atomic E-state index is 12.8. The number of hydrogen-bond donors (Lipinski definition) is 1. The largest absolute Gasteiger partial charge is 0.493 e. The Balaban J connectivity index is 1.59. The van der Waals surface area contributed by atoms with Crippen LogP contribution in [0.15, 0.2) is 54.6 Å². The van der Waals surface area contributed by atoms with E-state index in [1.807, 2.05) is 41.3 Å². The van der Waals surface area contributed by atoms with Crippen molar-refractivity contribution >= 4 is 17.3 Å². The van der Waals surface area contributed by atoms with Crippen molar-refractivity contribution in [1.82, 2.24) is 9.80 Å². The molecule has 0 unspecified atom stereocenters. The molecule has 0 saturated carbocycles. The lowest BCUT2D eigenvalue weighted by atomic mass is 10.00. The van der Waals surface area contributed by atoms with Crippen LogP contribution in [0.3, 0.4) is 0 Å². The van der Waals surface area contributed by atoms with E-state index in [9.17, 15) is 4.79 Å². The molecule has 1 heterocycles. The molecular weight excluding hydrogens is 414 g/mol. The van der Waals surface area contributed by atoms with E-state index in [1.54, 1.807) is 7.11 Å². The lowest BCUT2D eigenvalue weighted by Gasteiger charge is -2.30. The summed E-state index contributed by atoms with van der Waals surface area (Å²) < 4.78 is 11.5. The summed E-state index contributed by atoms with van der Waals surface area (Å²) in [5, 5.41) is 3.01. The Hall–Kier alpha value is -2.99. The van der Waals surface area contributed by atoms with Crippen molar-refractivity contribution < 1.29 is 14.3 Å². The molecule has 3 rings (SSSR count). The number of anilines is 1. The summed E-state index contributed by atoms with van der Waals surface area (Å²) in [4.78, 5) is 17.0. The van der Waals surface area contributed by atoms with Crippen LogP contribution in [0, 0.1) is 0 Å². The molecule has 178 valence electrons. The maximum absolute atomic E-state index is 12.8. The number of nitrogens with zero attached hydrogens (tertiary/aromatic N) is 2. The molecular formula is C27H37N3O3. The zero-order valence-electron chi connectivity index (χ0n) is 20.5. The Morgan fingerprint density at radius 1 is 1.06 bits per heavy atom. The summed E-state index contributed by atoms with van der Waals surface area (Å²) in [6.07, 6.45) is 2.98. The van der Waals surface area contributed by atoms with Gasteiger partial charge in [-0.2, -0.15) is 0 Å². The van der Waals surface area contributed by atoms with Crippen LogP contribution in [-0.2, 0) is 0 Å². The molecule has 0 fully saturated rings. The monoisotopic (exact) mass is 451 g/mol. The summed E-state index contributed by atoms with van der Waals surface area (Å²) in [7, 11) is 1.62. The fourth-order valence-electron chi connectivity index (χ4n) is 4.21. The molecule has 0 aliphatic carbocycles. The van der Waals surface area contributed by atoms with E-state index in [1.165, 1.54) is 11.1 Å². The molecule has 2 aromatic rings. The summed E-state index contributed by atoms with van der Waals surface area (Å²) in [5.74, 6) is 1.29. The standard InChI is InChI=1S/C27H37N3O3/c1-20(2)30(21(3)4)17-18-33-26-19-24(11-12-25(26)32-5)28-27(31)29-15-13-23(14-16-29)22-9-7-6-8-10-22/h6-13,19-21H,14-18H2,1-5H3,(H,28,31). The van der Waals surface area contributed by atoms with Crippen molar-refractivity contribution in [2.24, 2.45) is 0 Å². The summed E-state index contributed by atoms with van der Waals surface area (Å²) in [6.45, 7) is 11.4. The van der Waals surface area contributed by atoms with Crippen molar-refractivity contribution in [3.8, 4) is 11.5 Å². The highest BCUT2D eigenvalue weighted by Crippen LogP contribution is 2.31. The van der Waals surface area contributed by atoms with Crippen molar-refractivity contribution in [3.63, 3.8) is 0 Å². The first-order valence-electron chi connectivity index (χ1n) is 11.8. The van der Waals surface area contributed by atoms with Crippen LogP contribution in [0.1, 0.15) is 39.7 Å². The SMILES string of the molecule is COc1ccc(NC(=O)N2CC=C(c3ccccc3)CC2)cc1OCCN(C(C)C)C(C)C. The molecule has 0 radical (unpaired) electrons. The molecule has 0 spiro atoms. The Labute approximate surface area is 198 Å². The first-order chi connectivity index (χ1) is 15.9. The average Bonchev–Trinajstić information content (AvgIpc) is 2.82. The number of urea groups is 1. The summed E-state index contributed by atoms with van der Waals surface area (Å²) >= 11 is 0. The lowest BCUT2D eigenvalue weighted by molar-refractivity contribution is 0.140. The molecule has 0 aromatic heterocycles. The molecule has 6 nitrogen and oxygen atoms in total. The van der Waals surface area contributed by atoms with Gasteiger partial charge in [0.1, 0.15) is 6.61 Å². The van der Waals surface area contributed by atoms with Gasteiger partial charge in [0, 0.05) is 43.5 Å². The van der Waals surface area contributed by atoms with Gasteiger partial charge in [-0.05, 0) is 57.4 Å². The number of carbonyl (C=O) groups excluding carboxylic acids is 1. The van der Waals surface area contributed by atoms with Crippen LogP contribution in [-0.4, -0.2) is 61.3 Å². The molecule has 2 aromatic carbocycles. The quantitative estimate of drug-likeness (QED) is 0.546. The molecule has 1 N–H and O–H groups in total. The van der Waals surface area contributed by atoms with Crippen molar-refractivity contribution in [2.45, 2.75) is 46.2 Å². The van der Waals surface area contributed by atoms with Crippen LogP contribution in [0.25, 0.3) is 5.57 Å². The Bertz CT molecular complexity index is 933. The zero-order chi connectivity index (χ0) is 23.8. The average molecular weight is 452 g/mol. The van der Waals surface area contributed by atoms with Gasteiger partial charge in [0.05, 0.1) is 7.11 Å². The molecule has 1 aliphatic heterocycles. The van der Waals surface area contributed by atoms with Gasteiger partial charge in [-0.1, -0.05) is 36.4 Å². The minimum atomic E-state index is -0.111. The van der Waals surface area contributed by atoms with E-state index in [2.05, 4.69) is 56.1 Å². The predicted octanol–water partition coefficient (Wildman–Crippen LogP) is 5.51. The van der Waals surface area contributed by atoms with E-state index in [4.69, 9.17) is 9.47 Å². The molecule has 33 heavy (non-hydrogen) atoms. The number of amides is 2. The van der Waals surface area contributed by atoms with Gasteiger partial charge >= 0.3 is 6.03 Å². The number of carbonyl (C=O) groups is 1. The molecule has 0 saturated heterocycles. The highest BCUT2D eigenvalue weighted by Gasteiger charge is 2.19. The molecule has 0 bridgehead atoms. The number of nitrogens with one attached hydrogen (secondary N) is 1. The van der Waals surface area contributed by atoms with Crippen molar-refractivity contribution in [1.29, 1.82) is 0 Å². The third kappa shape index (κ3) is 6.75. The maximum Gasteiger partial charge on any atom is 0.322 e. The third-order valence-electron chi connectivity index (χ3n) is 5.99. The number of rotatable bonds is 9. The zero-order valence-corrected chi connectivity index (χ0v) is 20.5.